The first kappa shape index (κ1) is 12.5. The summed E-state index contributed by atoms with van der Waals surface area (Å²) in [4.78, 5) is 11.2. The van der Waals surface area contributed by atoms with Crippen LogP contribution < -0.4 is 4.74 Å². The summed E-state index contributed by atoms with van der Waals surface area (Å²) in [5.41, 5.74) is 0.0162. The van der Waals surface area contributed by atoms with Crippen molar-refractivity contribution in [3.63, 3.8) is 0 Å². The summed E-state index contributed by atoms with van der Waals surface area (Å²) in [5.74, 6) is -0.586. The number of rotatable bonds is 3. The molecule has 3 aromatic rings. The van der Waals surface area contributed by atoms with E-state index >= 15 is 0 Å². The Morgan fingerprint density at radius 2 is 1.80 bits per heavy atom. The predicted molar refractivity (Wildman–Crippen MR) is 76.1 cm³/mol. The fraction of sp³-hybridized carbons (Fsp3) is 0.188. The number of hydrogen-bond donors (Lipinski definition) is 1. The summed E-state index contributed by atoms with van der Waals surface area (Å²) in [6, 6.07) is 13.2. The second-order valence-electron chi connectivity index (χ2n) is 5.15. The Morgan fingerprint density at radius 3 is 2.55 bits per heavy atom. The lowest BCUT2D eigenvalue weighted by atomic mass is 10.1. The van der Waals surface area contributed by atoms with E-state index in [4.69, 9.17) is 14.3 Å². The topological polar surface area (TPSA) is 59.7 Å². The van der Waals surface area contributed by atoms with E-state index in [9.17, 15) is 4.79 Å². The molecule has 0 unspecified atom stereocenters. The standard InChI is InChI=1S/C16H14O4/c1-16(2,15(17)18)20-13-9-5-7-11-10-6-3-4-8-12(10)19-14(11)13/h3-9H,1-2H3,(H,17,18). The third-order valence-electron chi connectivity index (χ3n) is 3.25. The second-order valence-corrected chi connectivity index (χ2v) is 5.15. The summed E-state index contributed by atoms with van der Waals surface area (Å²) >= 11 is 0. The molecule has 0 saturated heterocycles. The Labute approximate surface area is 115 Å². The van der Waals surface area contributed by atoms with Crippen LogP contribution >= 0.6 is 0 Å². The van der Waals surface area contributed by atoms with E-state index < -0.39 is 11.6 Å². The molecule has 102 valence electrons. The summed E-state index contributed by atoms with van der Waals surface area (Å²) in [7, 11) is 0. The van der Waals surface area contributed by atoms with Crippen LogP contribution in [0.4, 0.5) is 0 Å². The monoisotopic (exact) mass is 270 g/mol. The van der Waals surface area contributed by atoms with Gasteiger partial charge in [0.25, 0.3) is 0 Å². The average molecular weight is 270 g/mol. The van der Waals surface area contributed by atoms with Crippen LogP contribution in [0.2, 0.25) is 0 Å². The molecule has 2 aromatic carbocycles. The van der Waals surface area contributed by atoms with E-state index in [0.29, 0.717) is 11.3 Å². The highest BCUT2D eigenvalue weighted by molar-refractivity contribution is 6.06. The van der Waals surface area contributed by atoms with Crippen molar-refractivity contribution in [2.24, 2.45) is 0 Å². The fourth-order valence-electron chi connectivity index (χ4n) is 2.12. The SMILES string of the molecule is CC(C)(Oc1cccc2c1oc1ccccc12)C(=O)O. The van der Waals surface area contributed by atoms with Gasteiger partial charge in [0.15, 0.2) is 16.9 Å². The molecule has 0 aliphatic heterocycles. The zero-order chi connectivity index (χ0) is 14.3. The number of hydrogen-bond acceptors (Lipinski definition) is 3. The number of aliphatic carboxylic acids is 1. The van der Waals surface area contributed by atoms with Gasteiger partial charge in [0.2, 0.25) is 0 Å². The van der Waals surface area contributed by atoms with Crippen molar-refractivity contribution in [2.45, 2.75) is 19.4 Å². The van der Waals surface area contributed by atoms with Crippen LogP contribution in [0, 0.1) is 0 Å². The highest BCUT2D eigenvalue weighted by atomic mass is 16.5. The first-order chi connectivity index (χ1) is 9.49. The quantitative estimate of drug-likeness (QED) is 0.785. The van der Waals surface area contributed by atoms with Crippen LogP contribution in [0.15, 0.2) is 46.9 Å². The first-order valence-corrected chi connectivity index (χ1v) is 6.32. The van der Waals surface area contributed by atoms with Crippen LogP contribution in [0.1, 0.15) is 13.8 Å². The molecule has 1 aromatic heterocycles. The molecule has 0 bridgehead atoms. The van der Waals surface area contributed by atoms with Gasteiger partial charge in [-0.25, -0.2) is 4.79 Å². The molecule has 0 aliphatic rings. The molecule has 20 heavy (non-hydrogen) atoms. The van der Waals surface area contributed by atoms with Crippen molar-refractivity contribution in [1.29, 1.82) is 0 Å². The number of carbonyl (C=O) groups is 1. The Bertz CT molecular complexity index is 798. The molecular weight excluding hydrogens is 256 g/mol. The third kappa shape index (κ3) is 1.90. The van der Waals surface area contributed by atoms with Crippen LogP contribution in [0.5, 0.6) is 5.75 Å². The van der Waals surface area contributed by atoms with Gasteiger partial charge in [0.1, 0.15) is 5.58 Å². The van der Waals surface area contributed by atoms with Crippen LogP contribution in [0.25, 0.3) is 21.9 Å². The minimum Gasteiger partial charge on any atom is -0.478 e. The number of furan rings is 1. The minimum atomic E-state index is -1.31. The number of fused-ring (bicyclic) bond motifs is 3. The van der Waals surface area contributed by atoms with Gasteiger partial charge >= 0.3 is 5.97 Å². The number of benzene rings is 2. The van der Waals surface area contributed by atoms with Crippen molar-refractivity contribution in [3.05, 3.63) is 42.5 Å². The van der Waals surface area contributed by atoms with Gasteiger partial charge in [-0.2, -0.15) is 0 Å². The van der Waals surface area contributed by atoms with Gasteiger partial charge in [0, 0.05) is 10.8 Å². The minimum absolute atomic E-state index is 0.436. The van der Waals surface area contributed by atoms with Gasteiger partial charge in [-0.05, 0) is 26.0 Å². The normalized spacial score (nSPS) is 11.9. The van der Waals surface area contributed by atoms with E-state index in [0.717, 1.165) is 16.4 Å². The first-order valence-electron chi connectivity index (χ1n) is 6.32. The zero-order valence-electron chi connectivity index (χ0n) is 11.2. The average Bonchev–Trinajstić information content (AvgIpc) is 2.78. The maximum Gasteiger partial charge on any atom is 0.347 e. The van der Waals surface area contributed by atoms with E-state index in [1.54, 1.807) is 6.07 Å². The van der Waals surface area contributed by atoms with E-state index in [-0.39, 0.29) is 0 Å². The molecule has 0 saturated carbocycles. The number of ether oxygens (including phenoxy) is 1. The number of para-hydroxylation sites is 2. The molecule has 0 fully saturated rings. The Balaban J connectivity index is 2.19. The van der Waals surface area contributed by atoms with Crippen molar-refractivity contribution in [2.75, 3.05) is 0 Å². The van der Waals surface area contributed by atoms with Crippen LogP contribution in [-0.4, -0.2) is 16.7 Å². The molecule has 3 rings (SSSR count). The fourth-order valence-corrected chi connectivity index (χ4v) is 2.12. The smallest absolute Gasteiger partial charge is 0.347 e. The summed E-state index contributed by atoms with van der Waals surface area (Å²) in [6.07, 6.45) is 0. The molecule has 0 atom stereocenters. The highest BCUT2D eigenvalue weighted by Gasteiger charge is 2.30. The highest BCUT2D eigenvalue weighted by Crippen LogP contribution is 2.35. The lowest BCUT2D eigenvalue weighted by Gasteiger charge is -2.21. The Hall–Kier alpha value is -2.49. The van der Waals surface area contributed by atoms with Gasteiger partial charge in [-0.3, -0.25) is 0 Å². The third-order valence-corrected chi connectivity index (χ3v) is 3.25. The maximum absolute atomic E-state index is 11.2. The van der Waals surface area contributed by atoms with Crippen molar-refractivity contribution in [3.8, 4) is 5.75 Å². The lowest BCUT2D eigenvalue weighted by molar-refractivity contribution is -0.152. The molecule has 0 amide bonds. The molecule has 4 heteroatoms. The Kier molecular flexibility index (Phi) is 2.67. The molecule has 0 radical (unpaired) electrons. The molecule has 4 nitrogen and oxygen atoms in total. The second kappa shape index (κ2) is 4.27. The largest absolute Gasteiger partial charge is 0.478 e. The molecular formula is C16H14O4. The molecule has 1 heterocycles. The van der Waals surface area contributed by atoms with Crippen LogP contribution in [0.3, 0.4) is 0 Å². The summed E-state index contributed by atoms with van der Waals surface area (Å²) in [5, 5.41) is 11.1. The van der Waals surface area contributed by atoms with Gasteiger partial charge in [0.05, 0.1) is 0 Å². The van der Waals surface area contributed by atoms with Gasteiger partial charge in [-0.1, -0.05) is 30.3 Å². The molecule has 0 aliphatic carbocycles. The Morgan fingerprint density at radius 1 is 1.10 bits per heavy atom. The summed E-state index contributed by atoms with van der Waals surface area (Å²) < 4.78 is 11.4. The van der Waals surface area contributed by atoms with Gasteiger partial charge < -0.3 is 14.3 Å². The van der Waals surface area contributed by atoms with Crippen LogP contribution in [-0.2, 0) is 4.79 Å². The molecule has 0 spiro atoms. The van der Waals surface area contributed by atoms with E-state index in [2.05, 4.69) is 0 Å². The van der Waals surface area contributed by atoms with E-state index in [1.165, 1.54) is 13.8 Å². The zero-order valence-corrected chi connectivity index (χ0v) is 11.2. The van der Waals surface area contributed by atoms with Crippen molar-refractivity contribution < 1.29 is 19.1 Å². The molecule has 1 N–H and O–H groups in total. The summed E-state index contributed by atoms with van der Waals surface area (Å²) in [6.45, 7) is 3.02. The number of carboxylic acids is 1. The number of carboxylic acid groups (broad SMARTS) is 1. The van der Waals surface area contributed by atoms with Gasteiger partial charge in [-0.15, -0.1) is 0 Å². The lowest BCUT2D eigenvalue weighted by Crippen LogP contribution is -2.37. The maximum atomic E-state index is 11.2. The predicted octanol–water partition coefficient (Wildman–Crippen LogP) is 3.83. The van der Waals surface area contributed by atoms with Crippen molar-refractivity contribution in [1.82, 2.24) is 0 Å². The van der Waals surface area contributed by atoms with Crippen molar-refractivity contribution >= 4 is 27.9 Å². The van der Waals surface area contributed by atoms with E-state index in [1.807, 2.05) is 36.4 Å².